The van der Waals surface area contributed by atoms with Crippen molar-refractivity contribution >= 4 is 11.0 Å². The molecule has 2 heterocycles. The Kier molecular flexibility index (Phi) is 2.75. The number of pyridine rings is 1. The van der Waals surface area contributed by atoms with Gasteiger partial charge >= 0.3 is 0 Å². The summed E-state index contributed by atoms with van der Waals surface area (Å²) in [6.07, 6.45) is 1.10. The SMILES string of the molecule is Cc1cc2c(C)c(CC(C)C)[nH]c2nc1C. The topological polar surface area (TPSA) is 28.7 Å². The van der Waals surface area contributed by atoms with Crippen LogP contribution in [0.2, 0.25) is 0 Å². The summed E-state index contributed by atoms with van der Waals surface area (Å²) in [6, 6.07) is 2.24. The van der Waals surface area contributed by atoms with Crippen LogP contribution in [0.25, 0.3) is 11.0 Å². The third-order valence-electron chi connectivity index (χ3n) is 3.20. The van der Waals surface area contributed by atoms with Crippen molar-refractivity contribution in [1.82, 2.24) is 9.97 Å². The molecule has 2 nitrogen and oxygen atoms in total. The molecule has 1 N–H and O–H groups in total. The lowest BCUT2D eigenvalue weighted by Crippen LogP contribution is -1.95. The molecule has 0 saturated carbocycles. The normalized spacial score (nSPS) is 11.6. The number of nitrogens with zero attached hydrogens (tertiary/aromatic N) is 1. The second kappa shape index (κ2) is 3.93. The third kappa shape index (κ3) is 1.84. The van der Waals surface area contributed by atoms with E-state index in [1.165, 1.54) is 22.2 Å². The molecule has 0 amide bonds. The van der Waals surface area contributed by atoms with Gasteiger partial charge in [0.25, 0.3) is 0 Å². The molecule has 0 aromatic carbocycles. The Morgan fingerprint density at radius 2 is 1.94 bits per heavy atom. The van der Waals surface area contributed by atoms with E-state index in [4.69, 9.17) is 0 Å². The summed E-state index contributed by atoms with van der Waals surface area (Å²) in [6.45, 7) is 10.9. The maximum absolute atomic E-state index is 4.61. The van der Waals surface area contributed by atoms with Gasteiger partial charge in [0.2, 0.25) is 0 Å². The summed E-state index contributed by atoms with van der Waals surface area (Å²) in [5.41, 5.74) is 6.12. The van der Waals surface area contributed by atoms with Gasteiger partial charge in [-0.05, 0) is 50.3 Å². The number of H-pyrrole nitrogens is 1. The molecule has 2 aromatic rings. The van der Waals surface area contributed by atoms with Crippen molar-refractivity contribution in [2.24, 2.45) is 5.92 Å². The zero-order valence-corrected chi connectivity index (χ0v) is 10.8. The van der Waals surface area contributed by atoms with E-state index in [0.29, 0.717) is 5.92 Å². The summed E-state index contributed by atoms with van der Waals surface area (Å²) < 4.78 is 0. The number of hydrogen-bond donors (Lipinski definition) is 1. The van der Waals surface area contributed by atoms with E-state index in [1.54, 1.807) is 0 Å². The van der Waals surface area contributed by atoms with Crippen LogP contribution in [-0.2, 0) is 6.42 Å². The van der Waals surface area contributed by atoms with Crippen LogP contribution < -0.4 is 0 Å². The van der Waals surface area contributed by atoms with E-state index in [1.807, 2.05) is 0 Å². The van der Waals surface area contributed by atoms with Crippen molar-refractivity contribution in [3.05, 3.63) is 28.6 Å². The Morgan fingerprint density at radius 1 is 1.25 bits per heavy atom. The number of fused-ring (bicyclic) bond motifs is 1. The first-order chi connectivity index (χ1) is 7.49. The molecular formula is C14H20N2. The van der Waals surface area contributed by atoms with Gasteiger partial charge in [-0.3, -0.25) is 0 Å². The number of aryl methyl sites for hydroxylation is 3. The quantitative estimate of drug-likeness (QED) is 0.815. The van der Waals surface area contributed by atoms with Gasteiger partial charge in [0, 0.05) is 16.8 Å². The second-order valence-corrected chi connectivity index (χ2v) is 5.11. The fourth-order valence-corrected chi connectivity index (χ4v) is 2.10. The van der Waals surface area contributed by atoms with Crippen LogP contribution in [-0.4, -0.2) is 9.97 Å². The van der Waals surface area contributed by atoms with Crippen molar-refractivity contribution < 1.29 is 0 Å². The first-order valence-electron chi connectivity index (χ1n) is 5.94. The maximum atomic E-state index is 4.61. The summed E-state index contributed by atoms with van der Waals surface area (Å²) in [7, 11) is 0. The van der Waals surface area contributed by atoms with Crippen molar-refractivity contribution in [3.63, 3.8) is 0 Å². The Hall–Kier alpha value is -1.31. The Morgan fingerprint density at radius 3 is 2.56 bits per heavy atom. The highest BCUT2D eigenvalue weighted by molar-refractivity contribution is 5.82. The molecule has 0 unspecified atom stereocenters. The smallest absolute Gasteiger partial charge is 0.138 e. The molecule has 0 bridgehead atoms. The van der Waals surface area contributed by atoms with Gasteiger partial charge in [-0.1, -0.05) is 13.8 Å². The summed E-state index contributed by atoms with van der Waals surface area (Å²) in [4.78, 5) is 8.06. The summed E-state index contributed by atoms with van der Waals surface area (Å²) in [5, 5.41) is 1.28. The van der Waals surface area contributed by atoms with Crippen LogP contribution in [0.15, 0.2) is 6.07 Å². The van der Waals surface area contributed by atoms with E-state index < -0.39 is 0 Å². The average molecular weight is 216 g/mol. The zero-order valence-electron chi connectivity index (χ0n) is 10.8. The lowest BCUT2D eigenvalue weighted by molar-refractivity contribution is 0.636. The van der Waals surface area contributed by atoms with Gasteiger partial charge < -0.3 is 4.98 Å². The number of nitrogens with one attached hydrogen (secondary N) is 1. The van der Waals surface area contributed by atoms with Gasteiger partial charge in [0.05, 0.1) is 0 Å². The lowest BCUT2D eigenvalue weighted by atomic mass is 10.0. The predicted molar refractivity (Wildman–Crippen MR) is 68.8 cm³/mol. The van der Waals surface area contributed by atoms with E-state index in [2.05, 4.69) is 50.7 Å². The van der Waals surface area contributed by atoms with Crippen LogP contribution >= 0.6 is 0 Å². The largest absolute Gasteiger partial charge is 0.343 e. The standard InChI is InChI=1S/C14H20N2/c1-8(2)6-13-10(4)12-7-9(3)11(5)15-14(12)16-13/h7-8H,6H2,1-5H3,(H,15,16). The molecule has 0 fully saturated rings. The minimum atomic E-state index is 0.675. The van der Waals surface area contributed by atoms with Crippen LogP contribution in [0, 0.1) is 26.7 Å². The molecule has 0 aliphatic carbocycles. The van der Waals surface area contributed by atoms with Crippen LogP contribution in [0.3, 0.4) is 0 Å². The Labute approximate surface area is 97.1 Å². The van der Waals surface area contributed by atoms with E-state index >= 15 is 0 Å². The number of aromatic amines is 1. The number of hydrogen-bond acceptors (Lipinski definition) is 1. The molecule has 0 spiro atoms. The molecule has 0 atom stereocenters. The first-order valence-corrected chi connectivity index (χ1v) is 5.94. The van der Waals surface area contributed by atoms with Crippen molar-refractivity contribution in [3.8, 4) is 0 Å². The molecule has 0 aliphatic rings. The van der Waals surface area contributed by atoms with Crippen LogP contribution in [0.1, 0.15) is 36.4 Å². The minimum Gasteiger partial charge on any atom is -0.343 e. The second-order valence-electron chi connectivity index (χ2n) is 5.11. The Bertz CT molecular complexity index is 521. The number of rotatable bonds is 2. The average Bonchev–Trinajstić information content (AvgIpc) is 2.45. The maximum Gasteiger partial charge on any atom is 0.138 e. The minimum absolute atomic E-state index is 0.675. The predicted octanol–water partition coefficient (Wildman–Crippen LogP) is 3.69. The van der Waals surface area contributed by atoms with Gasteiger partial charge in [0.15, 0.2) is 0 Å². The van der Waals surface area contributed by atoms with Crippen LogP contribution in [0.4, 0.5) is 0 Å². The van der Waals surface area contributed by atoms with E-state index in [0.717, 1.165) is 17.8 Å². The molecule has 86 valence electrons. The Balaban J connectivity index is 2.59. The molecule has 0 saturated heterocycles. The molecule has 0 aliphatic heterocycles. The van der Waals surface area contributed by atoms with Crippen molar-refractivity contribution in [2.45, 2.75) is 41.0 Å². The van der Waals surface area contributed by atoms with E-state index in [9.17, 15) is 0 Å². The molecule has 2 rings (SSSR count). The highest BCUT2D eigenvalue weighted by Gasteiger charge is 2.10. The summed E-state index contributed by atoms with van der Waals surface area (Å²) >= 11 is 0. The zero-order chi connectivity index (χ0) is 11.9. The molecule has 0 radical (unpaired) electrons. The van der Waals surface area contributed by atoms with Gasteiger partial charge in [-0.25, -0.2) is 4.98 Å². The first kappa shape index (κ1) is 11.2. The molecular weight excluding hydrogens is 196 g/mol. The van der Waals surface area contributed by atoms with Crippen molar-refractivity contribution in [2.75, 3.05) is 0 Å². The van der Waals surface area contributed by atoms with Gasteiger partial charge in [-0.2, -0.15) is 0 Å². The highest BCUT2D eigenvalue weighted by atomic mass is 14.9. The molecule has 2 heteroatoms. The van der Waals surface area contributed by atoms with Gasteiger partial charge in [-0.15, -0.1) is 0 Å². The highest BCUT2D eigenvalue weighted by Crippen LogP contribution is 2.24. The van der Waals surface area contributed by atoms with Crippen LogP contribution in [0.5, 0.6) is 0 Å². The van der Waals surface area contributed by atoms with Gasteiger partial charge in [0.1, 0.15) is 5.65 Å². The third-order valence-corrected chi connectivity index (χ3v) is 3.20. The molecule has 16 heavy (non-hydrogen) atoms. The number of aromatic nitrogens is 2. The fourth-order valence-electron chi connectivity index (χ4n) is 2.10. The monoisotopic (exact) mass is 216 g/mol. The van der Waals surface area contributed by atoms with E-state index in [-0.39, 0.29) is 0 Å². The molecule has 2 aromatic heterocycles. The lowest BCUT2D eigenvalue weighted by Gasteiger charge is -2.02. The summed E-state index contributed by atoms with van der Waals surface area (Å²) in [5.74, 6) is 0.675. The fraction of sp³-hybridized carbons (Fsp3) is 0.500. The van der Waals surface area contributed by atoms with Crippen molar-refractivity contribution in [1.29, 1.82) is 0 Å².